The van der Waals surface area contributed by atoms with E-state index >= 15 is 0 Å². The van der Waals surface area contributed by atoms with Gasteiger partial charge in [-0.15, -0.1) is 0 Å². The van der Waals surface area contributed by atoms with Gasteiger partial charge in [-0.2, -0.15) is 0 Å². The van der Waals surface area contributed by atoms with Crippen LogP contribution in [0.4, 0.5) is 5.69 Å². The van der Waals surface area contributed by atoms with E-state index in [-0.39, 0.29) is 17.5 Å². The maximum atomic E-state index is 11.6. The van der Waals surface area contributed by atoms with E-state index in [0.29, 0.717) is 11.3 Å². The number of nitrogen functional groups attached to an aromatic ring is 1. The Hall–Kier alpha value is -1.26. The van der Waals surface area contributed by atoms with Crippen molar-refractivity contribution in [1.29, 1.82) is 0 Å². The molecule has 0 saturated heterocycles. The van der Waals surface area contributed by atoms with Gasteiger partial charge in [-0.05, 0) is 19.1 Å². The maximum absolute atomic E-state index is 11.6. The molecule has 0 aliphatic heterocycles. The third-order valence-corrected chi connectivity index (χ3v) is 2.25. The summed E-state index contributed by atoms with van der Waals surface area (Å²) in [5.41, 5.74) is 6.23. The Morgan fingerprint density at radius 2 is 2.33 bits per heavy atom. The van der Waals surface area contributed by atoms with Crippen LogP contribution in [0.2, 0.25) is 5.02 Å². The number of aliphatic hydroxyl groups is 1. The molecule has 1 rings (SSSR count). The molecular formula is C10H13ClN2O2. The second kappa shape index (κ2) is 5.00. The van der Waals surface area contributed by atoms with Crippen LogP contribution in [0.5, 0.6) is 0 Å². The molecule has 0 aliphatic carbocycles. The number of carbonyl (C=O) groups excluding carboxylic acids is 1. The molecule has 0 aromatic heterocycles. The number of halogens is 1. The fourth-order valence-electron chi connectivity index (χ4n) is 1.06. The Bertz CT molecular complexity index is 366. The number of rotatable bonds is 3. The maximum Gasteiger partial charge on any atom is 0.252 e. The summed E-state index contributed by atoms with van der Waals surface area (Å²) in [6, 6.07) is 4.85. The van der Waals surface area contributed by atoms with Crippen molar-refractivity contribution < 1.29 is 9.90 Å². The minimum absolute atomic E-state index is 0.184. The predicted octanol–water partition coefficient (Wildman–Crippen LogP) is 1.03. The lowest BCUT2D eigenvalue weighted by atomic mass is 10.2. The highest BCUT2D eigenvalue weighted by Crippen LogP contribution is 2.22. The van der Waals surface area contributed by atoms with Crippen molar-refractivity contribution in [2.24, 2.45) is 0 Å². The average molecular weight is 229 g/mol. The first kappa shape index (κ1) is 11.8. The van der Waals surface area contributed by atoms with Crippen molar-refractivity contribution in [1.82, 2.24) is 5.32 Å². The van der Waals surface area contributed by atoms with Crippen LogP contribution in [0, 0.1) is 0 Å². The number of benzene rings is 1. The zero-order chi connectivity index (χ0) is 11.4. The van der Waals surface area contributed by atoms with Crippen LogP contribution in [0.1, 0.15) is 17.3 Å². The Morgan fingerprint density at radius 1 is 1.67 bits per heavy atom. The van der Waals surface area contributed by atoms with Gasteiger partial charge in [0, 0.05) is 6.54 Å². The number of hydrogen-bond donors (Lipinski definition) is 3. The van der Waals surface area contributed by atoms with Gasteiger partial charge >= 0.3 is 0 Å². The standard InChI is InChI=1S/C10H13ClN2O2/c1-6(14)5-13-10(15)7-3-2-4-8(12)9(7)11/h2-4,6,14H,5,12H2,1H3,(H,13,15). The number of nitrogens with two attached hydrogens (primary N) is 1. The normalized spacial score (nSPS) is 12.2. The lowest BCUT2D eigenvalue weighted by Crippen LogP contribution is -2.30. The smallest absolute Gasteiger partial charge is 0.252 e. The Labute approximate surface area is 93.0 Å². The van der Waals surface area contributed by atoms with Gasteiger partial charge in [0.25, 0.3) is 5.91 Å². The number of aliphatic hydroxyl groups excluding tert-OH is 1. The van der Waals surface area contributed by atoms with Gasteiger partial charge in [-0.3, -0.25) is 4.79 Å². The van der Waals surface area contributed by atoms with Crippen molar-refractivity contribution in [3.05, 3.63) is 28.8 Å². The summed E-state index contributed by atoms with van der Waals surface area (Å²) in [7, 11) is 0. The molecule has 4 nitrogen and oxygen atoms in total. The average Bonchev–Trinajstić information content (AvgIpc) is 2.18. The monoisotopic (exact) mass is 228 g/mol. The summed E-state index contributed by atoms with van der Waals surface area (Å²) in [5.74, 6) is -0.340. The van der Waals surface area contributed by atoms with E-state index in [0.717, 1.165) is 0 Å². The van der Waals surface area contributed by atoms with E-state index in [1.54, 1.807) is 25.1 Å². The van der Waals surface area contributed by atoms with Crippen LogP contribution in [-0.2, 0) is 0 Å². The number of hydrogen-bond acceptors (Lipinski definition) is 3. The molecule has 1 atom stereocenters. The van der Waals surface area contributed by atoms with Crippen molar-refractivity contribution in [3.8, 4) is 0 Å². The van der Waals surface area contributed by atoms with E-state index in [4.69, 9.17) is 22.4 Å². The van der Waals surface area contributed by atoms with Crippen LogP contribution in [0.25, 0.3) is 0 Å². The van der Waals surface area contributed by atoms with Gasteiger partial charge in [0.2, 0.25) is 0 Å². The molecule has 0 fully saturated rings. The summed E-state index contributed by atoms with van der Waals surface area (Å²) in [6.45, 7) is 1.77. The van der Waals surface area contributed by atoms with E-state index in [1.807, 2.05) is 0 Å². The quantitative estimate of drug-likeness (QED) is 0.677. The molecule has 1 amide bonds. The highest BCUT2D eigenvalue weighted by molar-refractivity contribution is 6.36. The minimum Gasteiger partial charge on any atom is -0.398 e. The van der Waals surface area contributed by atoms with E-state index < -0.39 is 6.10 Å². The number of nitrogens with one attached hydrogen (secondary N) is 1. The molecule has 1 aromatic rings. The van der Waals surface area contributed by atoms with Gasteiger partial charge < -0.3 is 16.2 Å². The largest absolute Gasteiger partial charge is 0.398 e. The van der Waals surface area contributed by atoms with Crippen molar-refractivity contribution in [2.75, 3.05) is 12.3 Å². The molecule has 15 heavy (non-hydrogen) atoms. The van der Waals surface area contributed by atoms with Crippen molar-refractivity contribution in [2.45, 2.75) is 13.0 Å². The zero-order valence-corrected chi connectivity index (χ0v) is 9.08. The molecule has 5 heteroatoms. The SMILES string of the molecule is CC(O)CNC(=O)c1cccc(N)c1Cl. The van der Waals surface area contributed by atoms with Crippen LogP contribution >= 0.6 is 11.6 Å². The second-order valence-corrected chi connectivity index (χ2v) is 3.65. The van der Waals surface area contributed by atoms with Gasteiger partial charge in [0.1, 0.15) is 0 Å². The van der Waals surface area contributed by atoms with Crippen LogP contribution in [-0.4, -0.2) is 23.7 Å². The topological polar surface area (TPSA) is 75.3 Å². The first-order valence-corrected chi connectivity index (χ1v) is 4.90. The third kappa shape index (κ3) is 3.11. The van der Waals surface area contributed by atoms with E-state index in [1.165, 1.54) is 0 Å². The molecule has 0 spiro atoms. The number of anilines is 1. The van der Waals surface area contributed by atoms with Crippen LogP contribution in [0.15, 0.2) is 18.2 Å². The van der Waals surface area contributed by atoms with E-state index in [9.17, 15) is 4.79 Å². The summed E-state index contributed by atoms with van der Waals surface area (Å²) in [4.78, 5) is 11.6. The Morgan fingerprint density at radius 3 is 2.93 bits per heavy atom. The van der Waals surface area contributed by atoms with Gasteiger partial charge in [-0.25, -0.2) is 0 Å². The lowest BCUT2D eigenvalue weighted by molar-refractivity contribution is 0.0924. The van der Waals surface area contributed by atoms with Gasteiger partial charge in [0.15, 0.2) is 0 Å². The zero-order valence-electron chi connectivity index (χ0n) is 8.33. The first-order chi connectivity index (χ1) is 7.02. The summed E-state index contributed by atoms with van der Waals surface area (Å²) in [5, 5.41) is 11.8. The second-order valence-electron chi connectivity index (χ2n) is 3.27. The minimum atomic E-state index is -0.589. The third-order valence-electron chi connectivity index (χ3n) is 1.83. The molecule has 0 bridgehead atoms. The number of amides is 1. The van der Waals surface area contributed by atoms with Crippen LogP contribution < -0.4 is 11.1 Å². The summed E-state index contributed by atoms with van der Waals surface area (Å²) >= 11 is 5.86. The molecule has 0 saturated carbocycles. The molecular weight excluding hydrogens is 216 g/mol. The van der Waals surface area contributed by atoms with E-state index in [2.05, 4.69) is 5.32 Å². The first-order valence-electron chi connectivity index (χ1n) is 4.52. The van der Waals surface area contributed by atoms with Gasteiger partial charge in [0.05, 0.1) is 22.4 Å². The highest BCUT2D eigenvalue weighted by Gasteiger charge is 2.11. The molecule has 4 N–H and O–H groups in total. The molecule has 1 aromatic carbocycles. The predicted molar refractivity (Wildman–Crippen MR) is 59.9 cm³/mol. The fourth-order valence-corrected chi connectivity index (χ4v) is 1.27. The Balaban J connectivity index is 2.78. The van der Waals surface area contributed by atoms with Crippen molar-refractivity contribution in [3.63, 3.8) is 0 Å². The molecule has 82 valence electrons. The van der Waals surface area contributed by atoms with Crippen molar-refractivity contribution >= 4 is 23.2 Å². The molecule has 0 heterocycles. The molecule has 1 unspecified atom stereocenters. The lowest BCUT2D eigenvalue weighted by Gasteiger charge is -2.09. The highest BCUT2D eigenvalue weighted by atomic mass is 35.5. The molecule has 0 aliphatic rings. The Kier molecular flexibility index (Phi) is 3.94. The summed E-state index contributed by atoms with van der Waals surface area (Å²) < 4.78 is 0. The molecule has 0 radical (unpaired) electrons. The fraction of sp³-hybridized carbons (Fsp3) is 0.300. The number of carbonyl (C=O) groups is 1. The summed E-state index contributed by atoms with van der Waals surface area (Å²) in [6.07, 6.45) is -0.589. The van der Waals surface area contributed by atoms with Crippen LogP contribution in [0.3, 0.4) is 0 Å². The van der Waals surface area contributed by atoms with Gasteiger partial charge in [-0.1, -0.05) is 17.7 Å².